The fourth-order valence-electron chi connectivity index (χ4n) is 6.21. The van der Waals surface area contributed by atoms with Crippen LogP contribution >= 0.6 is 0 Å². The summed E-state index contributed by atoms with van der Waals surface area (Å²) in [6, 6.07) is 10.3. The first-order chi connectivity index (χ1) is 18.0. The summed E-state index contributed by atoms with van der Waals surface area (Å²) in [5.74, 6) is 0.389. The Bertz CT molecular complexity index is 1440. The Morgan fingerprint density at radius 2 is 1.92 bits per heavy atom. The van der Waals surface area contributed by atoms with E-state index in [1.807, 2.05) is 29.8 Å². The number of rotatable bonds is 6. The molecule has 6 rings (SSSR count). The molecule has 1 aromatic heterocycles. The Labute approximate surface area is 219 Å². The highest BCUT2D eigenvalue weighted by Gasteiger charge is 2.47. The van der Waals surface area contributed by atoms with E-state index >= 15 is 0 Å². The Hall–Kier alpha value is -3.46. The second-order valence-corrected chi connectivity index (χ2v) is 11.3. The van der Waals surface area contributed by atoms with E-state index in [0.717, 1.165) is 36.2 Å². The summed E-state index contributed by atoms with van der Waals surface area (Å²) < 4.78 is 44.4. The lowest BCUT2D eigenvalue weighted by Gasteiger charge is -2.43. The Morgan fingerprint density at radius 1 is 1.16 bits per heavy atom. The smallest absolute Gasteiger partial charge is 0.320 e. The zero-order valence-corrected chi connectivity index (χ0v) is 21.5. The molecule has 6 nitrogen and oxygen atoms in total. The Balaban J connectivity index is 1.35. The fraction of sp³-hybridized carbons (Fsp3) is 0.414. The molecule has 2 aromatic carbocycles. The number of fused-ring (bicyclic) bond motifs is 1. The van der Waals surface area contributed by atoms with Crippen LogP contribution < -0.4 is 10.2 Å². The maximum Gasteiger partial charge on any atom is 0.416 e. The highest BCUT2D eigenvalue weighted by atomic mass is 19.4. The minimum atomic E-state index is -4.56. The van der Waals surface area contributed by atoms with Crippen LogP contribution in [0.15, 0.2) is 54.9 Å². The van der Waals surface area contributed by atoms with E-state index in [1.165, 1.54) is 11.0 Å². The summed E-state index contributed by atoms with van der Waals surface area (Å²) in [4.78, 5) is 15.0. The number of benzene rings is 2. The predicted molar refractivity (Wildman–Crippen MR) is 138 cm³/mol. The molecule has 3 aromatic rings. The maximum atomic E-state index is 14.2. The van der Waals surface area contributed by atoms with Gasteiger partial charge in [0.15, 0.2) is 0 Å². The molecule has 3 aliphatic rings. The number of carbonyl (C=O) groups excluding carboxylic acids is 1. The lowest BCUT2D eigenvalue weighted by atomic mass is 9.61. The van der Waals surface area contributed by atoms with E-state index in [-0.39, 0.29) is 23.2 Å². The van der Waals surface area contributed by atoms with E-state index in [4.69, 9.17) is 0 Å². The van der Waals surface area contributed by atoms with Crippen molar-refractivity contribution < 1.29 is 18.0 Å². The van der Waals surface area contributed by atoms with E-state index in [1.54, 1.807) is 18.5 Å². The molecule has 2 heterocycles. The highest BCUT2D eigenvalue weighted by molar-refractivity contribution is 6.10. The van der Waals surface area contributed by atoms with Gasteiger partial charge in [-0.2, -0.15) is 13.2 Å². The van der Waals surface area contributed by atoms with Crippen molar-refractivity contribution in [2.75, 3.05) is 4.90 Å². The highest BCUT2D eigenvalue weighted by Crippen LogP contribution is 2.51. The number of halogens is 3. The number of aryl methyl sites for hydroxylation is 1. The van der Waals surface area contributed by atoms with Crippen LogP contribution in [0.5, 0.6) is 0 Å². The third-order valence-electron chi connectivity index (χ3n) is 8.54. The maximum absolute atomic E-state index is 14.2. The first kappa shape index (κ1) is 24.9. The van der Waals surface area contributed by atoms with Crippen LogP contribution in [0.2, 0.25) is 0 Å². The molecule has 0 radical (unpaired) electrons. The van der Waals surface area contributed by atoms with Crippen molar-refractivity contribution in [1.82, 2.24) is 20.1 Å². The number of nitrogens with one attached hydrogen (secondary N) is 1. The van der Waals surface area contributed by atoms with Gasteiger partial charge in [0.2, 0.25) is 0 Å². The second-order valence-electron chi connectivity index (χ2n) is 11.3. The number of amides is 1. The monoisotopic (exact) mass is 521 g/mol. The van der Waals surface area contributed by atoms with Crippen molar-refractivity contribution >= 4 is 11.6 Å². The van der Waals surface area contributed by atoms with Gasteiger partial charge in [-0.15, -0.1) is 10.2 Å². The Morgan fingerprint density at radius 3 is 2.53 bits per heavy atom. The molecule has 9 heteroatoms. The third-order valence-corrected chi connectivity index (χ3v) is 8.54. The van der Waals surface area contributed by atoms with Gasteiger partial charge in [-0.1, -0.05) is 24.3 Å². The van der Waals surface area contributed by atoms with Crippen molar-refractivity contribution in [3.8, 4) is 0 Å². The van der Waals surface area contributed by atoms with Crippen LogP contribution in [0, 0.1) is 0 Å². The minimum Gasteiger partial charge on any atom is -0.320 e. The number of aromatic nitrogens is 3. The molecule has 0 spiro atoms. The molecule has 0 atom stereocenters. The molecule has 2 aliphatic carbocycles. The van der Waals surface area contributed by atoms with Crippen LogP contribution in [-0.4, -0.2) is 26.2 Å². The normalized spacial score (nSPS) is 19.8. The molecule has 198 valence electrons. The zero-order valence-electron chi connectivity index (χ0n) is 21.5. The molecule has 1 N–H and O–H groups in total. The van der Waals surface area contributed by atoms with Crippen LogP contribution in [0.4, 0.5) is 18.9 Å². The summed E-state index contributed by atoms with van der Waals surface area (Å²) in [6.45, 7) is 6.36. The van der Waals surface area contributed by atoms with Crippen LogP contribution in [0.1, 0.15) is 77.5 Å². The third kappa shape index (κ3) is 3.95. The lowest BCUT2D eigenvalue weighted by molar-refractivity contribution is -0.138. The molecule has 2 fully saturated rings. The van der Waals surface area contributed by atoms with E-state index in [0.29, 0.717) is 30.6 Å². The number of hydrogen-bond acceptors (Lipinski definition) is 4. The first-order valence-corrected chi connectivity index (χ1v) is 12.9. The largest absolute Gasteiger partial charge is 0.416 e. The standard InChI is InChI=1S/C29H30F3N5O/c1-18-13-28(14-18,26-35-34-17-36(26)3)20-6-4-7-21(12-20)37-16-23-22(25(37)38)10-19(11-24(23)29(30,31)32)15-33-27(2)8-5-9-27/h4,6-7,10-12,17,33H,1,5,8-9,13-16H2,2-3H3. The van der Waals surface area contributed by atoms with Gasteiger partial charge >= 0.3 is 6.18 Å². The van der Waals surface area contributed by atoms with E-state index in [9.17, 15) is 18.0 Å². The summed E-state index contributed by atoms with van der Waals surface area (Å²) in [6.07, 6.45) is 1.60. The quantitative estimate of drug-likeness (QED) is 0.425. The predicted octanol–water partition coefficient (Wildman–Crippen LogP) is 5.66. The average Bonchev–Trinajstić information content (AvgIpc) is 3.41. The zero-order chi connectivity index (χ0) is 26.9. The molecule has 38 heavy (non-hydrogen) atoms. The summed E-state index contributed by atoms with van der Waals surface area (Å²) in [5.41, 5.74) is 2.02. The fourth-order valence-corrected chi connectivity index (χ4v) is 6.21. The molecule has 0 unspecified atom stereocenters. The van der Waals surface area contributed by atoms with Crippen molar-refractivity contribution in [2.24, 2.45) is 7.05 Å². The molecular formula is C29H30F3N5O. The van der Waals surface area contributed by atoms with Crippen molar-refractivity contribution in [3.05, 3.63) is 88.5 Å². The van der Waals surface area contributed by atoms with Gasteiger partial charge < -0.3 is 14.8 Å². The molecular weight excluding hydrogens is 491 g/mol. The first-order valence-electron chi connectivity index (χ1n) is 12.9. The summed E-state index contributed by atoms with van der Waals surface area (Å²) in [5, 5.41) is 11.8. The molecule has 1 amide bonds. The van der Waals surface area contributed by atoms with Gasteiger partial charge in [-0.3, -0.25) is 4.79 Å². The summed E-state index contributed by atoms with van der Waals surface area (Å²) >= 11 is 0. The number of allylic oxidation sites excluding steroid dienone is 1. The molecule has 1 aliphatic heterocycles. The number of carbonyl (C=O) groups is 1. The van der Waals surface area contributed by atoms with E-state index in [2.05, 4.69) is 29.0 Å². The average molecular weight is 522 g/mol. The number of nitrogens with zero attached hydrogens (tertiary/aromatic N) is 4. The molecule has 0 bridgehead atoms. The number of hydrogen-bond donors (Lipinski definition) is 1. The van der Waals surface area contributed by atoms with Gasteiger partial charge in [-0.05, 0) is 80.0 Å². The number of alkyl halides is 3. The topological polar surface area (TPSA) is 63.1 Å². The molecule has 2 saturated carbocycles. The van der Waals surface area contributed by atoms with Crippen molar-refractivity contribution in [1.29, 1.82) is 0 Å². The number of anilines is 1. The van der Waals surface area contributed by atoms with Crippen LogP contribution in [0.25, 0.3) is 0 Å². The van der Waals surface area contributed by atoms with Crippen LogP contribution in [0.3, 0.4) is 0 Å². The second kappa shape index (κ2) is 8.53. The van der Waals surface area contributed by atoms with Gasteiger partial charge in [-0.25, -0.2) is 0 Å². The Kier molecular flexibility index (Phi) is 5.58. The van der Waals surface area contributed by atoms with Gasteiger partial charge in [0, 0.05) is 30.4 Å². The minimum absolute atomic E-state index is 0.0338. The lowest BCUT2D eigenvalue weighted by Crippen LogP contribution is -2.47. The van der Waals surface area contributed by atoms with Crippen molar-refractivity contribution in [3.63, 3.8) is 0 Å². The molecule has 0 saturated heterocycles. The van der Waals surface area contributed by atoms with Crippen molar-refractivity contribution in [2.45, 2.75) is 69.2 Å². The van der Waals surface area contributed by atoms with Gasteiger partial charge in [0.1, 0.15) is 12.2 Å². The van der Waals surface area contributed by atoms with Gasteiger partial charge in [0.25, 0.3) is 5.91 Å². The van der Waals surface area contributed by atoms with Crippen LogP contribution in [-0.2, 0) is 31.7 Å². The van der Waals surface area contributed by atoms with E-state index < -0.39 is 23.1 Å². The SMILES string of the molecule is C=C1CC(c2cccc(N3Cc4c(cc(CNC5(C)CCC5)cc4C(F)(F)F)C3=O)c2)(c2nncn2C)C1. The summed E-state index contributed by atoms with van der Waals surface area (Å²) in [7, 11) is 1.89. The van der Waals surface area contributed by atoms with Gasteiger partial charge in [0.05, 0.1) is 17.5 Å².